The van der Waals surface area contributed by atoms with Gasteiger partial charge in [0.15, 0.2) is 0 Å². The first-order chi connectivity index (χ1) is 6.59. The summed E-state index contributed by atoms with van der Waals surface area (Å²) in [6, 6.07) is 9.62. The van der Waals surface area contributed by atoms with Crippen molar-refractivity contribution >= 4 is 5.91 Å². The maximum absolute atomic E-state index is 11.3. The predicted molar refractivity (Wildman–Crippen MR) is 52.6 cm³/mol. The standard InChI is InChI=1S/C11H13NO2/c1-11(14)7-9(12-10(11)13)8-5-3-2-4-6-8/h2-6,9,14H,7H2,1H3,(H,12,13). The molecule has 2 unspecified atom stereocenters. The molecule has 2 N–H and O–H groups in total. The van der Waals surface area contributed by atoms with Gasteiger partial charge in [-0.15, -0.1) is 0 Å². The molecule has 1 aromatic carbocycles. The van der Waals surface area contributed by atoms with E-state index in [2.05, 4.69) is 5.32 Å². The first-order valence-corrected chi connectivity index (χ1v) is 4.68. The Labute approximate surface area is 82.8 Å². The van der Waals surface area contributed by atoms with E-state index in [1.54, 1.807) is 6.92 Å². The zero-order valence-electron chi connectivity index (χ0n) is 8.03. The van der Waals surface area contributed by atoms with Crippen LogP contribution in [0.5, 0.6) is 0 Å². The average molecular weight is 191 g/mol. The fourth-order valence-electron chi connectivity index (χ4n) is 1.74. The van der Waals surface area contributed by atoms with Gasteiger partial charge in [-0.3, -0.25) is 4.79 Å². The van der Waals surface area contributed by atoms with Crippen LogP contribution in [0.1, 0.15) is 24.9 Å². The molecule has 0 spiro atoms. The minimum absolute atomic E-state index is 0.0568. The highest BCUT2D eigenvalue weighted by atomic mass is 16.3. The van der Waals surface area contributed by atoms with Crippen molar-refractivity contribution in [3.63, 3.8) is 0 Å². The first kappa shape index (κ1) is 9.21. The van der Waals surface area contributed by atoms with Crippen molar-refractivity contribution < 1.29 is 9.90 Å². The highest BCUT2D eigenvalue weighted by Gasteiger charge is 2.41. The number of amides is 1. The third-order valence-electron chi connectivity index (χ3n) is 2.60. The molecule has 2 rings (SSSR count). The summed E-state index contributed by atoms with van der Waals surface area (Å²) in [5.74, 6) is -0.286. The van der Waals surface area contributed by atoms with Crippen LogP contribution in [0.2, 0.25) is 0 Å². The summed E-state index contributed by atoms with van der Waals surface area (Å²) in [6.45, 7) is 1.55. The number of hydrogen-bond acceptors (Lipinski definition) is 2. The van der Waals surface area contributed by atoms with E-state index in [-0.39, 0.29) is 11.9 Å². The number of nitrogens with one attached hydrogen (secondary N) is 1. The molecule has 0 saturated carbocycles. The number of carbonyl (C=O) groups is 1. The molecule has 1 amide bonds. The Bertz CT molecular complexity index is 346. The minimum Gasteiger partial charge on any atom is -0.380 e. The molecule has 1 aromatic rings. The third-order valence-corrected chi connectivity index (χ3v) is 2.60. The van der Waals surface area contributed by atoms with Gasteiger partial charge in [0, 0.05) is 6.42 Å². The van der Waals surface area contributed by atoms with Crippen LogP contribution in [-0.2, 0) is 4.79 Å². The van der Waals surface area contributed by atoms with E-state index >= 15 is 0 Å². The lowest BCUT2D eigenvalue weighted by molar-refractivity contribution is -0.133. The van der Waals surface area contributed by atoms with Crippen molar-refractivity contribution in [2.75, 3.05) is 0 Å². The second kappa shape index (κ2) is 3.10. The summed E-state index contributed by atoms with van der Waals surface area (Å²) in [6.07, 6.45) is 0.440. The van der Waals surface area contributed by atoms with Gasteiger partial charge >= 0.3 is 0 Å². The van der Waals surface area contributed by atoms with Gasteiger partial charge < -0.3 is 10.4 Å². The largest absolute Gasteiger partial charge is 0.380 e. The van der Waals surface area contributed by atoms with Gasteiger partial charge in [-0.25, -0.2) is 0 Å². The second-order valence-corrected chi connectivity index (χ2v) is 3.91. The molecule has 0 bridgehead atoms. The molecule has 0 aliphatic carbocycles. The van der Waals surface area contributed by atoms with Crippen molar-refractivity contribution in [3.8, 4) is 0 Å². The summed E-state index contributed by atoms with van der Waals surface area (Å²) in [7, 11) is 0. The van der Waals surface area contributed by atoms with Gasteiger partial charge in [0.2, 0.25) is 0 Å². The number of rotatable bonds is 1. The number of aliphatic hydroxyl groups is 1. The Morgan fingerprint density at radius 1 is 1.43 bits per heavy atom. The molecular weight excluding hydrogens is 178 g/mol. The van der Waals surface area contributed by atoms with Crippen LogP contribution in [0.15, 0.2) is 30.3 Å². The maximum atomic E-state index is 11.3. The zero-order chi connectivity index (χ0) is 10.2. The normalized spacial score (nSPS) is 31.6. The van der Waals surface area contributed by atoms with Crippen LogP contribution in [-0.4, -0.2) is 16.6 Å². The van der Waals surface area contributed by atoms with E-state index in [1.807, 2.05) is 30.3 Å². The quantitative estimate of drug-likeness (QED) is 0.695. The predicted octanol–water partition coefficient (Wildman–Crippen LogP) is 0.999. The van der Waals surface area contributed by atoms with Crippen LogP contribution in [0.3, 0.4) is 0 Å². The molecule has 3 nitrogen and oxygen atoms in total. The van der Waals surface area contributed by atoms with E-state index in [9.17, 15) is 9.90 Å². The smallest absolute Gasteiger partial charge is 0.252 e. The Kier molecular flexibility index (Phi) is 2.04. The van der Waals surface area contributed by atoms with Crippen molar-refractivity contribution in [3.05, 3.63) is 35.9 Å². The highest BCUT2D eigenvalue weighted by Crippen LogP contribution is 2.30. The molecule has 0 radical (unpaired) electrons. The minimum atomic E-state index is -1.22. The van der Waals surface area contributed by atoms with Gasteiger partial charge in [0.25, 0.3) is 5.91 Å². The number of benzene rings is 1. The Hall–Kier alpha value is -1.35. The average Bonchev–Trinajstić information content (AvgIpc) is 2.43. The lowest BCUT2D eigenvalue weighted by atomic mass is 9.98. The van der Waals surface area contributed by atoms with Crippen molar-refractivity contribution in [2.45, 2.75) is 25.0 Å². The molecule has 1 aliphatic rings. The van der Waals surface area contributed by atoms with Crippen LogP contribution in [0, 0.1) is 0 Å². The Morgan fingerprint density at radius 3 is 2.57 bits per heavy atom. The molecule has 1 saturated heterocycles. The molecule has 1 aliphatic heterocycles. The number of carbonyl (C=O) groups excluding carboxylic acids is 1. The van der Waals surface area contributed by atoms with E-state index < -0.39 is 5.60 Å². The zero-order valence-corrected chi connectivity index (χ0v) is 8.03. The highest BCUT2D eigenvalue weighted by molar-refractivity contribution is 5.87. The fourth-order valence-corrected chi connectivity index (χ4v) is 1.74. The number of hydrogen-bond donors (Lipinski definition) is 2. The molecule has 0 aromatic heterocycles. The van der Waals surface area contributed by atoms with Crippen molar-refractivity contribution in [1.82, 2.24) is 5.32 Å². The summed E-state index contributed by atoms with van der Waals surface area (Å²) < 4.78 is 0. The van der Waals surface area contributed by atoms with Crippen LogP contribution >= 0.6 is 0 Å². The summed E-state index contributed by atoms with van der Waals surface area (Å²) in [5, 5.41) is 12.5. The Balaban J connectivity index is 2.21. The topological polar surface area (TPSA) is 49.3 Å². The molecule has 14 heavy (non-hydrogen) atoms. The van der Waals surface area contributed by atoms with Gasteiger partial charge in [-0.05, 0) is 12.5 Å². The van der Waals surface area contributed by atoms with Gasteiger partial charge in [0.05, 0.1) is 6.04 Å². The van der Waals surface area contributed by atoms with Crippen molar-refractivity contribution in [2.24, 2.45) is 0 Å². The van der Waals surface area contributed by atoms with Crippen LogP contribution in [0.4, 0.5) is 0 Å². The monoisotopic (exact) mass is 191 g/mol. The van der Waals surface area contributed by atoms with Gasteiger partial charge in [-0.1, -0.05) is 30.3 Å². The van der Waals surface area contributed by atoms with E-state index in [0.717, 1.165) is 5.56 Å². The molecule has 74 valence electrons. The molecule has 3 heteroatoms. The van der Waals surface area contributed by atoms with E-state index in [1.165, 1.54) is 0 Å². The van der Waals surface area contributed by atoms with Gasteiger partial charge in [0.1, 0.15) is 5.60 Å². The Morgan fingerprint density at radius 2 is 2.07 bits per heavy atom. The van der Waals surface area contributed by atoms with Crippen molar-refractivity contribution in [1.29, 1.82) is 0 Å². The molecule has 1 fully saturated rings. The molecular formula is C11H13NO2. The summed E-state index contributed by atoms with van der Waals surface area (Å²) in [4.78, 5) is 11.3. The van der Waals surface area contributed by atoms with Crippen LogP contribution < -0.4 is 5.32 Å². The SMILES string of the molecule is CC1(O)CC(c2ccccc2)NC1=O. The lowest BCUT2D eigenvalue weighted by Gasteiger charge is -2.11. The maximum Gasteiger partial charge on any atom is 0.252 e. The van der Waals surface area contributed by atoms with E-state index in [4.69, 9.17) is 0 Å². The second-order valence-electron chi connectivity index (χ2n) is 3.91. The lowest BCUT2D eigenvalue weighted by Crippen LogP contribution is -2.34. The van der Waals surface area contributed by atoms with E-state index in [0.29, 0.717) is 6.42 Å². The van der Waals surface area contributed by atoms with Gasteiger partial charge in [-0.2, -0.15) is 0 Å². The first-order valence-electron chi connectivity index (χ1n) is 4.68. The van der Waals surface area contributed by atoms with Crippen LogP contribution in [0.25, 0.3) is 0 Å². The third kappa shape index (κ3) is 1.51. The fraction of sp³-hybridized carbons (Fsp3) is 0.364. The molecule has 2 atom stereocenters. The summed E-state index contributed by atoms with van der Waals surface area (Å²) in [5.41, 5.74) is -0.181. The summed E-state index contributed by atoms with van der Waals surface area (Å²) >= 11 is 0. The molecule has 1 heterocycles.